The lowest BCUT2D eigenvalue weighted by molar-refractivity contribution is -0.128. The van der Waals surface area contributed by atoms with Gasteiger partial charge in [0.2, 0.25) is 5.91 Å². The predicted molar refractivity (Wildman–Crippen MR) is 93.1 cm³/mol. The minimum atomic E-state index is -3.62. The SMILES string of the molecule is C=CCN1C(=O)C[C@@H](S(=O)(=O)c2ccccc2)[C@@H]1c1ccccc1. The van der Waals surface area contributed by atoms with Crippen molar-refractivity contribution in [2.45, 2.75) is 22.6 Å². The zero-order chi connectivity index (χ0) is 17.2. The first-order chi connectivity index (χ1) is 11.6. The number of hydrogen-bond acceptors (Lipinski definition) is 3. The van der Waals surface area contributed by atoms with Gasteiger partial charge in [-0.25, -0.2) is 8.42 Å². The fraction of sp³-hybridized carbons (Fsp3) is 0.211. The van der Waals surface area contributed by atoms with Crippen molar-refractivity contribution in [3.63, 3.8) is 0 Å². The molecule has 5 heteroatoms. The molecule has 0 saturated carbocycles. The third-order valence-electron chi connectivity index (χ3n) is 4.32. The number of carbonyl (C=O) groups excluding carboxylic acids is 1. The van der Waals surface area contributed by atoms with Gasteiger partial charge in [0.1, 0.15) is 0 Å². The van der Waals surface area contributed by atoms with Crippen LogP contribution in [-0.4, -0.2) is 31.0 Å². The zero-order valence-corrected chi connectivity index (χ0v) is 14.0. The second-order valence-corrected chi connectivity index (χ2v) is 7.96. The molecule has 2 aromatic carbocycles. The lowest BCUT2D eigenvalue weighted by Crippen LogP contribution is -2.33. The number of sulfone groups is 1. The zero-order valence-electron chi connectivity index (χ0n) is 13.2. The third kappa shape index (κ3) is 2.87. The molecule has 0 spiro atoms. The third-order valence-corrected chi connectivity index (χ3v) is 6.47. The van der Waals surface area contributed by atoms with Gasteiger partial charge in [0.25, 0.3) is 0 Å². The molecule has 0 N–H and O–H groups in total. The molecular formula is C19H19NO3S. The van der Waals surface area contributed by atoms with Crippen LogP contribution in [0.15, 0.2) is 78.2 Å². The van der Waals surface area contributed by atoms with E-state index in [1.165, 1.54) is 0 Å². The van der Waals surface area contributed by atoms with E-state index in [2.05, 4.69) is 6.58 Å². The van der Waals surface area contributed by atoms with Crippen LogP contribution in [0.3, 0.4) is 0 Å². The molecular weight excluding hydrogens is 322 g/mol. The van der Waals surface area contributed by atoms with Crippen molar-refractivity contribution < 1.29 is 13.2 Å². The summed E-state index contributed by atoms with van der Waals surface area (Å²) < 4.78 is 26.2. The Bertz CT molecular complexity index is 831. The number of amides is 1. The fourth-order valence-corrected chi connectivity index (χ4v) is 5.11. The molecule has 1 amide bonds. The topological polar surface area (TPSA) is 54.5 Å². The fourth-order valence-electron chi connectivity index (χ4n) is 3.22. The summed E-state index contributed by atoms with van der Waals surface area (Å²) in [5.41, 5.74) is 0.828. The summed E-state index contributed by atoms with van der Waals surface area (Å²) in [6.07, 6.45) is 1.62. The highest BCUT2D eigenvalue weighted by atomic mass is 32.2. The number of hydrogen-bond donors (Lipinski definition) is 0. The molecule has 1 saturated heterocycles. The van der Waals surface area contributed by atoms with Gasteiger partial charge in [-0.2, -0.15) is 0 Å². The maximum atomic E-state index is 13.1. The molecule has 1 heterocycles. The molecule has 0 radical (unpaired) electrons. The van der Waals surface area contributed by atoms with E-state index in [-0.39, 0.29) is 17.2 Å². The average molecular weight is 341 g/mol. The Labute approximate surface area is 142 Å². The predicted octanol–water partition coefficient (Wildman–Crippen LogP) is 2.99. The van der Waals surface area contributed by atoms with Crippen LogP contribution in [0.2, 0.25) is 0 Å². The highest BCUT2D eigenvalue weighted by Crippen LogP contribution is 2.39. The maximum Gasteiger partial charge on any atom is 0.224 e. The van der Waals surface area contributed by atoms with E-state index in [4.69, 9.17) is 0 Å². The van der Waals surface area contributed by atoms with Gasteiger partial charge < -0.3 is 4.90 Å². The first kappa shape index (κ1) is 16.5. The van der Waals surface area contributed by atoms with Crippen molar-refractivity contribution in [2.24, 2.45) is 0 Å². The minimum Gasteiger partial charge on any atom is -0.331 e. The van der Waals surface area contributed by atoms with E-state index < -0.39 is 21.1 Å². The van der Waals surface area contributed by atoms with Crippen molar-refractivity contribution in [1.82, 2.24) is 4.90 Å². The van der Waals surface area contributed by atoms with Crippen LogP contribution in [0.5, 0.6) is 0 Å². The molecule has 1 fully saturated rings. The van der Waals surface area contributed by atoms with Crippen molar-refractivity contribution in [2.75, 3.05) is 6.54 Å². The molecule has 0 aliphatic carbocycles. The van der Waals surface area contributed by atoms with Crippen molar-refractivity contribution in [1.29, 1.82) is 0 Å². The number of likely N-dealkylation sites (tertiary alicyclic amines) is 1. The summed E-state index contributed by atoms with van der Waals surface area (Å²) in [4.78, 5) is 14.3. The first-order valence-corrected chi connectivity index (χ1v) is 9.34. The van der Waals surface area contributed by atoms with E-state index in [1.807, 2.05) is 30.3 Å². The number of carbonyl (C=O) groups is 1. The van der Waals surface area contributed by atoms with Gasteiger partial charge in [0.05, 0.1) is 16.2 Å². The van der Waals surface area contributed by atoms with Gasteiger partial charge >= 0.3 is 0 Å². The summed E-state index contributed by atoms with van der Waals surface area (Å²) in [5, 5.41) is -0.797. The second-order valence-electron chi connectivity index (χ2n) is 5.79. The van der Waals surface area contributed by atoms with Gasteiger partial charge in [-0.3, -0.25) is 4.79 Å². The normalized spacial score (nSPS) is 21.0. The Kier molecular flexibility index (Phi) is 4.53. The van der Waals surface area contributed by atoms with Gasteiger partial charge in [-0.05, 0) is 17.7 Å². The Morgan fingerprint density at radius 1 is 1.04 bits per heavy atom. The molecule has 24 heavy (non-hydrogen) atoms. The smallest absolute Gasteiger partial charge is 0.224 e. The van der Waals surface area contributed by atoms with Gasteiger partial charge in [-0.1, -0.05) is 54.6 Å². The second kappa shape index (κ2) is 6.61. The van der Waals surface area contributed by atoms with E-state index >= 15 is 0 Å². The summed E-state index contributed by atoms with van der Waals surface area (Å²) in [7, 11) is -3.62. The van der Waals surface area contributed by atoms with Crippen LogP contribution < -0.4 is 0 Å². The van der Waals surface area contributed by atoms with Crippen LogP contribution in [0.1, 0.15) is 18.0 Å². The van der Waals surface area contributed by atoms with Crippen molar-refractivity contribution >= 4 is 15.7 Å². The largest absolute Gasteiger partial charge is 0.331 e. The van der Waals surface area contributed by atoms with Crippen molar-refractivity contribution in [3.8, 4) is 0 Å². The highest BCUT2D eigenvalue weighted by molar-refractivity contribution is 7.92. The minimum absolute atomic E-state index is 0.00930. The monoisotopic (exact) mass is 341 g/mol. The van der Waals surface area contributed by atoms with Crippen LogP contribution in [0.4, 0.5) is 0 Å². The number of nitrogens with zero attached hydrogens (tertiary/aromatic N) is 1. The molecule has 1 aliphatic heterocycles. The molecule has 124 valence electrons. The van der Waals surface area contributed by atoms with Gasteiger partial charge in [0, 0.05) is 13.0 Å². The summed E-state index contributed by atoms with van der Waals surface area (Å²) in [6.45, 7) is 4.02. The number of benzene rings is 2. The Hall–Kier alpha value is -2.40. The summed E-state index contributed by atoms with van der Waals surface area (Å²) >= 11 is 0. The maximum absolute atomic E-state index is 13.1. The average Bonchev–Trinajstić information content (AvgIpc) is 2.94. The van der Waals surface area contributed by atoms with Crippen molar-refractivity contribution in [3.05, 3.63) is 78.9 Å². The summed E-state index contributed by atoms with van der Waals surface area (Å²) in [5.74, 6) is -0.159. The Balaban J connectivity index is 2.09. The standard InChI is InChI=1S/C19H19NO3S/c1-2-13-20-18(21)14-17(19(20)15-9-5-3-6-10-15)24(22,23)16-11-7-4-8-12-16/h2-12,17,19H,1,13-14H2/t17-,19+/m1/s1. The van der Waals surface area contributed by atoms with Crippen LogP contribution in [-0.2, 0) is 14.6 Å². The van der Waals surface area contributed by atoms with Gasteiger partial charge in [0.15, 0.2) is 9.84 Å². The van der Waals surface area contributed by atoms with E-state index in [0.717, 1.165) is 5.56 Å². The molecule has 4 nitrogen and oxygen atoms in total. The molecule has 2 atom stereocenters. The van der Waals surface area contributed by atoms with E-state index in [9.17, 15) is 13.2 Å². The molecule has 2 aromatic rings. The van der Waals surface area contributed by atoms with E-state index in [0.29, 0.717) is 6.54 Å². The highest BCUT2D eigenvalue weighted by Gasteiger charge is 2.47. The lowest BCUT2D eigenvalue weighted by atomic mass is 10.0. The van der Waals surface area contributed by atoms with Crippen LogP contribution >= 0.6 is 0 Å². The molecule has 0 aromatic heterocycles. The molecule has 1 aliphatic rings. The van der Waals surface area contributed by atoms with E-state index in [1.54, 1.807) is 41.3 Å². The Morgan fingerprint density at radius 3 is 2.21 bits per heavy atom. The van der Waals surface area contributed by atoms with Crippen LogP contribution in [0.25, 0.3) is 0 Å². The van der Waals surface area contributed by atoms with Gasteiger partial charge in [-0.15, -0.1) is 6.58 Å². The lowest BCUT2D eigenvalue weighted by Gasteiger charge is -2.27. The first-order valence-electron chi connectivity index (χ1n) is 7.80. The summed E-state index contributed by atoms with van der Waals surface area (Å²) in [6, 6.07) is 17.2. The quantitative estimate of drug-likeness (QED) is 0.786. The molecule has 3 rings (SSSR count). The van der Waals surface area contributed by atoms with Crippen LogP contribution in [0, 0.1) is 0 Å². The number of rotatable bonds is 5. The molecule has 0 bridgehead atoms. The molecule has 0 unspecified atom stereocenters. The Morgan fingerprint density at radius 2 is 1.62 bits per heavy atom.